The average molecular weight is 150 g/mol. The Labute approximate surface area is 67.8 Å². The van der Waals surface area contributed by atoms with E-state index in [0.717, 1.165) is 24.7 Å². The van der Waals surface area contributed by atoms with Gasteiger partial charge in [0.2, 0.25) is 0 Å². The Kier molecular flexibility index (Phi) is 3.09. The summed E-state index contributed by atoms with van der Waals surface area (Å²) in [6.45, 7) is 1.87. The first-order chi connectivity index (χ1) is 5.33. The Hall–Kier alpha value is -0.850. The fourth-order valence-corrected chi connectivity index (χ4v) is 1.38. The fraction of sp³-hybridized carbons (Fsp3) is 0.500. The van der Waals surface area contributed by atoms with Gasteiger partial charge in [0.15, 0.2) is 0 Å². The van der Waals surface area contributed by atoms with Crippen LogP contribution in [0.3, 0.4) is 0 Å². The molecule has 0 fully saturated rings. The van der Waals surface area contributed by atoms with Crippen molar-refractivity contribution >= 4 is 6.29 Å². The molecular formula is C10H14O. The lowest BCUT2D eigenvalue weighted by molar-refractivity contribution is -0.104. The molecule has 0 bridgehead atoms. The van der Waals surface area contributed by atoms with E-state index in [0.29, 0.717) is 5.92 Å². The Balaban J connectivity index is 2.48. The van der Waals surface area contributed by atoms with Gasteiger partial charge in [-0.15, -0.1) is 0 Å². The van der Waals surface area contributed by atoms with Gasteiger partial charge in [0.1, 0.15) is 6.29 Å². The number of allylic oxidation sites excluding steroid dienone is 4. The van der Waals surface area contributed by atoms with Crippen molar-refractivity contribution in [3.8, 4) is 0 Å². The van der Waals surface area contributed by atoms with Gasteiger partial charge in [-0.05, 0) is 37.7 Å². The molecule has 1 heteroatoms. The fourth-order valence-electron chi connectivity index (χ4n) is 1.38. The summed E-state index contributed by atoms with van der Waals surface area (Å²) in [6, 6.07) is 0. The predicted octanol–water partition coefficient (Wildman–Crippen LogP) is 2.49. The van der Waals surface area contributed by atoms with Crippen LogP contribution in [-0.4, -0.2) is 6.29 Å². The highest BCUT2D eigenvalue weighted by atomic mass is 16.1. The molecule has 0 heterocycles. The molecule has 0 amide bonds. The maximum absolute atomic E-state index is 10.3. The molecule has 0 aromatic rings. The highest BCUT2D eigenvalue weighted by Gasteiger charge is 2.05. The Morgan fingerprint density at radius 3 is 2.91 bits per heavy atom. The Bertz CT molecular complexity index is 189. The van der Waals surface area contributed by atoms with Crippen LogP contribution >= 0.6 is 0 Å². The lowest BCUT2D eigenvalue weighted by atomic mass is 9.93. The van der Waals surface area contributed by atoms with E-state index in [1.54, 1.807) is 0 Å². The smallest absolute Gasteiger partial charge is 0.145 e. The van der Waals surface area contributed by atoms with Crippen LogP contribution < -0.4 is 0 Å². The molecule has 0 aromatic heterocycles. The molecule has 1 nitrogen and oxygen atoms in total. The minimum absolute atomic E-state index is 0.602. The topological polar surface area (TPSA) is 17.1 Å². The molecule has 1 rings (SSSR count). The predicted molar refractivity (Wildman–Crippen MR) is 46.3 cm³/mol. The maximum Gasteiger partial charge on any atom is 0.145 e. The highest BCUT2D eigenvalue weighted by molar-refractivity contribution is 5.72. The quantitative estimate of drug-likeness (QED) is 0.336. The third-order valence-corrected chi connectivity index (χ3v) is 1.99. The van der Waals surface area contributed by atoms with Crippen molar-refractivity contribution in [2.45, 2.75) is 26.2 Å². The molecule has 0 unspecified atom stereocenters. The molecule has 0 radical (unpaired) electrons. The number of carbonyl (C=O) groups is 1. The maximum atomic E-state index is 10.3. The van der Waals surface area contributed by atoms with E-state index in [2.05, 4.69) is 18.2 Å². The van der Waals surface area contributed by atoms with Crippen LogP contribution in [0.1, 0.15) is 26.2 Å². The van der Waals surface area contributed by atoms with E-state index >= 15 is 0 Å². The zero-order valence-corrected chi connectivity index (χ0v) is 6.92. The minimum atomic E-state index is 0.602. The van der Waals surface area contributed by atoms with Gasteiger partial charge < -0.3 is 0 Å². The number of hydrogen-bond acceptors (Lipinski definition) is 1. The number of carbonyl (C=O) groups excluding carboxylic acids is 1. The SMILES string of the molecule is C/C(C=O)=C/[C@H]1CC=CCC1. The van der Waals surface area contributed by atoms with E-state index < -0.39 is 0 Å². The second-order valence-corrected chi connectivity index (χ2v) is 3.07. The van der Waals surface area contributed by atoms with E-state index in [1.807, 2.05) is 6.92 Å². The van der Waals surface area contributed by atoms with Crippen LogP contribution in [0.2, 0.25) is 0 Å². The molecule has 0 saturated heterocycles. The zero-order valence-electron chi connectivity index (χ0n) is 6.92. The molecular weight excluding hydrogens is 136 g/mol. The van der Waals surface area contributed by atoms with Crippen molar-refractivity contribution in [1.29, 1.82) is 0 Å². The van der Waals surface area contributed by atoms with Crippen molar-refractivity contribution in [3.63, 3.8) is 0 Å². The first kappa shape index (κ1) is 8.25. The first-order valence-electron chi connectivity index (χ1n) is 4.11. The highest BCUT2D eigenvalue weighted by Crippen LogP contribution is 2.19. The monoisotopic (exact) mass is 150 g/mol. The molecule has 0 spiro atoms. The third kappa shape index (κ3) is 2.71. The van der Waals surface area contributed by atoms with E-state index in [4.69, 9.17) is 0 Å². The summed E-state index contributed by atoms with van der Waals surface area (Å²) in [5.41, 5.74) is 0.866. The van der Waals surface area contributed by atoms with Gasteiger partial charge in [0.25, 0.3) is 0 Å². The van der Waals surface area contributed by atoms with Gasteiger partial charge in [-0.25, -0.2) is 0 Å². The summed E-state index contributed by atoms with van der Waals surface area (Å²) >= 11 is 0. The van der Waals surface area contributed by atoms with E-state index in [-0.39, 0.29) is 0 Å². The molecule has 1 atom stereocenters. The van der Waals surface area contributed by atoms with Crippen molar-refractivity contribution < 1.29 is 4.79 Å². The molecule has 1 aliphatic rings. The largest absolute Gasteiger partial charge is 0.298 e. The molecule has 60 valence electrons. The number of aldehydes is 1. The standard InChI is InChI=1S/C10H14O/c1-9(8-11)7-10-5-3-2-4-6-10/h2-3,7-8,10H,4-6H2,1H3/b9-7-/t10-/m0/s1. The molecule has 0 aliphatic heterocycles. The number of rotatable bonds is 2. The second-order valence-electron chi connectivity index (χ2n) is 3.07. The summed E-state index contributed by atoms with van der Waals surface area (Å²) in [5, 5.41) is 0. The van der Waals surface area contributed by atoms with Crippen molar-refractivity contribution in [2.75, 3.05) is 0 Å². The van der Waals surface area contributed by atoms with Crippen LogP contribution in [0.15, 0.2) is 23.8 Å². The van der Waals surface area contributed by atoms with Crippen LogP contribution in [0, 0.1) is 5.92 Å². The van der Waals surface area contributed by atoms with Crippen molar-refractivity contribution in [1.82, 2.24) is 0 Å². The average Bonchev–Trinajstić information content (AvgIpc) is 2.06. The van der Waals surface area contributed by atoms with Crippen LogP contribution in [0.5, 0.6) is 0 Å². The lowest BCUT2D eigenvalue weighted by Crippen LogP contribution is -1.99. The van der Waals surface area contributed by atoms with Crippen LogP contribution in [0.4, 0.5) is 0 Å². The molecule has 1 aliphatic carbocycles. The lowest BCUT2D eigenvalue weighted by Gasteiger charge is -2.12. The molecule has 11 heavy (non-hydrogen) atoms. The summed E-state index contributed by atoms with van der Waals surface area (Å²) in [4.78, 5) is 10.3. The molecule has 0 saturated carbocycles. The third-order valence-electron chi connectivity index (χ3n) is 1.99. The van der Waals surface area contributed by atoms with Crippen molar-refractivity contribution in [3.05, 3.63) is 23.8 Å². The van der Waals surface area contributed by atoms with Gasteiger partial charge >= 0.3 is 0 Å². The zero-order chi connectivity index (χ0) is 8.10. The normalized spacial score (nSPS) is 25.2. The summed E-state index contributed by atoms with van der Waals surface area (Å²) in [7, 11) is 0. The minimum Gasteiger partial charge on any atom is -0.298 e. The van der Waals surface area contributed by atoms with Gasteiger partial charge in [-0.3, -0.25) is 4.79 Å². The Morgan fingerprint density at radius 1 is 1.55 bits per heavy atom. The van der Waals surface area contributed by atoms with Gasteiger partial charge in [0, 0.05) is 0 Å². The molecule has 0 aromatic carbocycles. The van der Waals surface area contributed by atoms with Crippen LogP contribution in [0.25, 0.3) is 0 Å². The first-order valence-corrected chi connectivity index (χ1v) is 4.11. The second kappa shape index (κ2) is 4.12. The summed E-state index contributed by atoms with van der Waals surface area (Å²) in [5.74, 6) is 0.602. The van der Waals surface area contributed by atoms with Gasteiger partial charge in [-0.1, -0.05) is 18.2 Å². The Morgan fingerprint density at radius 2 is 2.36 bits per heavy atom. The number of hydrogen-bond donors (Lipinski definition) is 0. The van der Waals surface area contributed by atoms with Gasteiger partial charge in [-0.2, -0.15) is 0 Å². The van der Waals surface area contributed by atoms with Crippen molar-refractivity contribution in [2.24, 2.45) is 5.92 Å². The summed E-state index contributed by atoms with van der Waals surface area (Å²) < 4.78 is 0. The van der Waals surface area contributed by atoms with E-state index in [9.17, 15) is 4.79 Å². The summed E-state index contributed by atoms with van der Waals surface area (Å²) in [6.07, 6.45) is 10.9. The van der Waals surface area contributed by atoms with Crippen LogP contribution in [-0.2, 0) is 4.79 Å². The molecule has 0 N–H and O–H groups in total. The van der Waals surface area contributed by atoms with Gasteiger partial charge in [0.05, 0.1) is 0 Å². The van der Waals surface area contributed by atoms with E-state index in [1.165, 1.54) is 6.42 Å².